The van der Waals surface area contributed by atoms with Crippen LogP contribution >= 0.6 is 0 Å². The van der Waals surface area contributed by atoms with Crippen LogP contribution in [-0.4, -0.2) is 29.3 Å². The second-order valence-corrected chi connectivity index (χ2v) is 4.79. The number of ether oxygens (including phenoxy) is 1. The molecule has 0 atom stereocenters. The van der Waals surface area contributed by atoms with Gasteiger partial charge in [0.2, 0.25) is 5.89 Å². The molecule has 0 amide bonds. The number of benzene rings is 1. The van der Waals surface area contributed by atoms with Crippen LogP contribution in [0.1, 0.15) is 11.5 Å². The molecule has 108 valence electrons. The van der Waals surface area contributed by atoms with Crippen molar-refractivity contribution in [3.8, 4) is 5.75 Å². The zero-order chi connectivity index (χ0) is 14.8. The smallest absolute Gasteiger partial charge is 0.318 e. The molecule has 0 bridgehead atoms. The van der Waals surface area contributed by atoms with E-state index in [4.69, 9.17) is 9.15 Å². The number of fused-ring (bicyclic) bond motifs is 1. The van der Waals surface area contributed by atoms with Crippen LogP contribution in [0.3, 0.4) is 0 Å². The minimum Gasteiger partial charge on any atom is -0.494 e. The van der Waals surface area contributed by atoms with Crippen LogP contribution in [0.2, 0.25) is 0 Å². The molecule has 21 heavy (non-hydrogen) atoms. The van der Waals surface area contributed by atoms with Crippen molar-refractivity contribution in [2.24, 2.45) is 0 Å². The number of nitrogens with zero attached hydrogens (tertiary/aromatic N) is 4. The summed E-state index contributed by atoms with van der Waals surface area (Å²) in [5.41, 5.74) is 1.98. The van der Waals surface area contributed by atoms with Crippen LogP contribution in [0.4, 0.5) is 6.01 Å². The minimum absolute atomic E-state index is 0.500. The van der Waals surface area contributed by atoms with E-state index in [2.05, 4.69) is 15.2 Å². The Morgan fingerprint density at radius 1 is 1.24 bits per heavy atom. The number of aromatic nitrogens is 3. The lowest BCUT2D eigenvalue weighted by atomic mass is 10.1. The lowest BCUT2D eigenvalue weighted by molar-refractivity contribution is 0.419. The number of pyridine rings is 1. The van der Waals surface area contributed by atoms with Crippen molar-refractivity contribution in [1.29, 1.82) is 0 Å². The minimum atomic E-state index is 0.500. The first-order valence-electron chi connectivity index (χ1n) is 6.61. The highest BCUT2D eigenvalue weighted by molar-refractivity contribution is 5.87. The molecule has 2 aromatic heterocycles. The second kappa shape index (κ2) is 5.40. The van der Waals surface area contributed by atoms with E-state index in [9.17, 15) is 0 Å². The Morgan fingerprint density at radius 2 is 2.10 bits per heavy atom. The Morgan fingerprint density at radius 3 is 2.81 bits per heavy atom. The fourth-order valence-electron chi connectivity index (χ4n) is 2.27. The predicted molar refractivity (Wildman–Crippen MR) is 79.4 cm³/mol. The summed E-state index contributed by atoms with van der Waals surface area (Å²) in [6.45, 7) is 2.42. The van der Waals surface area contributed by atoms with Gasteiger partial charge in [-0.15, -0.1) is 5.10 Å². The molecule has 0 aliphatic carbocycles. The van der Waals surface area contributed by atoms with Gasteiger partial charge in [0.25, 0.3) is 0 Å². The molecular formula is C15H16N4O2. The van der Waals surface area contributed by atoms with Crippen molar-refractivity contribution < 1.29 is 9.15 Å². The van der Waals surface area contributed by atoms with Crippen LogP contribution in [0, 0.1) is 6.92 Å². The highest BCUT2D eigenvalue weighted by Gasteiger charge is 2.13. The largest absolute Gasteiger partial charge is 0.494 e. The molecule has 2 heterocycles. The zero-order valence-corrected chi connectivity index (χ0v) is 12.2. The maximum Gasteiger partial charge on any atom is 0.318 e. The summed E-state index contributed by atoms with van der Waals surface area (Å²) in [5.74, 6) is 1.32. The molecular weight excluding hydrogens is 268 g/mol. The lowest BCUT2D eigenvalue weighted by Gasteiger charge is -2.16. The van der Waals surface area contributed by atoms with Crippen LogP contribution in [0.5, 0.6) is 5.75 Å². The SMILES string of the molecule is COc1ccc(CN(C)c2nnc(C)o2)c2cccnc12. The van der Waals surface area contributed by atoms with E-state index in [-0.39, 0.29) is 0 Å². The van der Waals surface area contributed by atoms with Gasteiger partial charge in [-0.2, -0.15) is 0 Å². The van der Waals surface area contributed by atoms with Crippen LogP contribution in [-0.2, 0) is 6.54 Å². The van der Waals surface area contributed by atoms with E-state index in [0.29, 0.717) is 18.5 Å². The standard InChI is InChI=1S/C15H16N4O2/c1-10-17-18-15(21-10)19(2)9-11-6-7-13(20-3)14-12(11)5-4-8-16-14/h4-8H,9H2,1-3H3. The third-order valence-electron chi connectivity index (χ3n) is 3.29. The highest BCUT2D eigenvalue weighted by atomic mass is 16.5. The van der Waals surface area contributed by atoms with E-state index in [0.717, 1.165) is 22.2 Å². The van der Waals surface area contributed by atoms with Gasteiger partial charge in [-0.25, -0.2) is 0 Å². The van der Waals surface area contributed by atoms with Crippen LogP contribution in [0.15, 0.2) is 34.9 Å². The first-order chi connectivity index (χ1) is 10.2. The molecule has 0 unspecified atom stereocenters. The van der Waals surface area contributed by atoms with Gasteiger partial charge in [0.1, 0.15) is 11.3 Å². The Bertz CT molecular complexity index is 769. The molecule has 0 spiro atoms. The van der Waals surface area contributed by atoms with E-state index >= 15 is 0 Å². The first-order valence-corrected chi connectivity index (χ1v) is 6.61. The number of hydrogen-bond acceptors (Lipinski definition) is 6. The molecule has 0 saturated heterocycles. The maximum absolute atomic E-state index is 5.44. The molecule has 6 nitrogen and oxygen atoms in total. The van der Waals surface area contributed by atoms with Gasteiger partial charge in [0.05, 0.1) is 7.11 Å². The fraction of sp³-hybridized carbons (Fsp3) is 0.267. The summed E-state index contributed by atoms with van der Waals surface area (Å²) in [7, 11) is 3.57. The monoisotopic (exact) mass is 284 g/mol. The molecule has 3 rings (SSSR count). The average molecular weight is 284 g/mol. The Hall–Kier alpha value is -2.63. The lowest BCUT2D eigenvalue weighted by Crippen LogP contribution is -2.17. The van der Waals surface area contributed by atoms with Crippen LogP contribution in [0.25, 0.3) is 10.9 Å². The number of methoxy groups -OCH3 is 1. The number of rotatable bonds is 4. The maximum atomic E-state index is 5.44. The quantitative estimate of drug-likeness (QED) is 0.733. The Labute approximate surface area is 122 Å². The van der Waals surface area contributed by atoms with Crippen LogP contribution < -0.4 is 9.64 Å². The Kier molecular flexibility index (Phi) is 3.43. The van der Waals surface area contributed by atoms with Gasteiger partial charge in [0, 0.05) is 32.1 Å². The van der Waals surface area contributed by atoms with Gasteiger partial charge < -0.3 is 14.1 Å². The molecule has 0 aliphatic heterocycles. The fourth-order valence-corrected chi connectivity index (χ4v) is 2.27. The van der Waals surface area contributed by atoms with E-state index in [1.54, 1.807) is 20.2 Å². The third kappa shape index (κ3) is 2.52. The molecule has 0 fully saturated rings. The summed E-state index contributed by atoms with van der Waals surface area (Å²) in [4.78, 5) is 6.31. The van der Waals surface area contributed by atoms with Crippen molar-refractivity contribution >= 4 is 16.9 Å². The molecule has 6 heteroatoms. The van der Waals surface area contributed by atoms with Crippen molar-refractivity contribution in [2.75, 3.05) is 19.1 Å². The summed E-state index contributed by atoms with van der Waals surface area (Å²) in [6.07, 6.45) is 1.76. The van der Waals surface area contributed by atoms with Gasteiger partial charge in [0.15, 0.2) is 0 Å². The molecule has 3 aromatic rings. The summed E-state index contributed by atoms with van der Waals surface area (Å²) in [5, 5.41) is 8.93. The summed E-state index contributed by atoms with van der Waals surface area (Å²) in [6, 6.07) is 8.41. The number of anilines is 1. The zero-order valence-electron chi connectivity index (χ0n) is 12.2. The van der Waals surface area contributed by atoms with Crippen molar-refractivity contribution in [3.63, 3.8) is 0 Å². The predicted octanol–water partition coefficient (Wildman–Crippen LogP) is 2.57. The van der Waals surface area contributed by atoms with Crippen molar-refractivity contribution in [1.82, 2.24) is 15.2 Å². The molecule has 0 saturated carbocycles. The topological polar surface area (TPSA) is 64.3 Å². The second-order valence-electron chi connectivity index (χ2n) is 4.79. The van der Waals surface area contributed by atoms with E-state index in [1.807, 2.05) is 36.2 Å². The first kappa shape index (κ1) is 13.4. The molecule has 0 N–H and O–H groups in total. The highest BCUT2D eigenvalue weighted by Crippen LogP contribution is 2.27. The van der Waals surface area contributed by atoms with E-state index < -0.39 is 0 Å². The van der Waals surface area contributed by atoms with Crippen molar-refractivity contribution in [2.45, 2.75) is 13.5 Å². The summed E-state index contributed by atoms with van der Waals surface area (Å²) >= 11 is 0. The van der Waals surface area contributed by atoms with Crippen molar-refractivity contribution in [3.05, 3.63) is 41.9 Å². The molecule has 0 aliphatic rings. The third-order valence-corrected chi connectivity index (χ3v) is 3.29. The van der Waals surface area contributed by atoms with E-state index in [1.165, 1.54) is 0 Å². The van der Waals surface area contributed by atoms with Gasteiger partial charge in [-0.05, 0) is 17.7 Å². The van der Waals surface area contributed by atoms with Gasteiger partial charge in [-0.3, -0.25) is 4.98 Å². The summed E-state index contributed by atoms with van der Waals surface area (Å²) < 4.78 is 10.8. The molecule has 1 aromatic carbocycles. The molecule has 0 radical (unpaired) electrons. The number of aryl methyl sites for hydroxylation is 1. The van der Waals surface area contributed by atoms with Gasteiger partial charge in [-0.1, -0.05) is 17.2 Å². The Balaban J connectivity index is 1.97. The number of hydrogen-bond donors (Lipinski definition) is 0. The normalized spacial score (nSPS) is 10.8. The average Bonchev–Trinajstić information content (AvgIpc) is 2.94. The van der Waals surface area contributed by atoms with Gasteiger partial charge >= 0.3 is 6.01 Å².